The minimum absolute atomic E-state index is 0.101. The molecule has 0 aliphatic carbocycles. The molecule has 2 aromatic carbocycles. The molecule has 1 saturated heterocycles. The normalized spacial score (nSPS) is 21.4. The zero-order chi connectivity index (χ0) is 23.8. The summed E-state index contributed by atoms with van der Waals surface area (Å²) in [5.41, 5.74) is 3.77. The van der Waals surface area contributed by atoms with Crippen LogP contribution in [0.3, 0.4) is 0 Å². The number of rotatable bonds is 5. The van der Waals surface area contributed by atoms with Crippen LogP contribution in [0.2, 0.25) is 0 Å². The zero-order valence-electron chi connectivity index (χ0n) is 18.9. The molecule has 2 atom stereocenters. The maximum atomic E-state index is 13.3. The van der Waals surface area contributed by atoms with Gasteiger partial charge in [0.2, 0.25) is 11.8 Å². The van der Waals surface area contributed by atoms with Crippen molar-refractivity contribution in [2.45, 2.75) is 44.8 Å². The minimum Gasteiger partial charge on any atom is -0.380 e. The van der Waals surface area contributed by atoms with Gasteiger partial charge in [-0.25, -0.2) is 4.79 Å². The van der Waals surface area contributed by atoms with Crippen molar-refractivity contribution in [2.24, 2.45) is 0 Å². The average molecular weight is 463 g/mol. The lowest BCUT2D eigenvalue weighted by Gasteiger charge is -2.29. The van der Waals surface area contributed by atoms with Crippen molar-refractivity contribution in [1.82, 2.24) is 10.2 Å². The Hall–Kier alpha value is -3.72. The number of hydrogen-bond acceptors (Lipinski definition) is 5. The van der Waals surface area contributed by atoms with Crippen LogP contribution in [0, 0.1) is 0 Å². The molecule has 3 heterocycles. The van der Waals surface area contributed by atoms with Crippen molar-refractivity contribution in [2.75, 3.05) is 23.4 Å². The highest BCUT2D eigenvalue weighted by Crippen LogP contribution is 2.34. The summed E-state index contributed by atoms with van der Waals surface area (Å²) in [6.45, 7) is 3.20. The van der Waals surface area contributed by atoms with E-state index in [2.05, 4.69) is 10.6 Å². The van der Waals surface area contributed by atoms with Crippen LogP contribution >= 0.6 is 0 Å². The number of amides is 5. The largest absolute Gasteiger partial charge is 0.380 e. The third-order valence-corrected chi connectivity index (χ3v) is 6.58. The molecule has 5 amide bonds. The predicted molar refractivity (Wildman–Crippen MR) is 124 cm³/mol. The van der Waals surface area contributed by atoms with Gasteiger partial charge in [0.15, 0.2) is 0 Å². The number of piperidine rings is 1. The number of fused-ring (bicyclic) bond motifs is 2. The first kappa shape index (κ1) is 22.1. The van der Waals surface area contributed by atoms with Crippen LogP contribution in [0.25, 0.3) is 0 Å². The fourth-order valence-electron chi connectivity index (χ4n) is 4.96. The summed E-state index contributed by atoms with van der Waals surface area (Å²) in [6.07, 6.45) is 1.24. The van der Waals surface area contributed by atoms with Crippen molar-refractivity contribution in [3.05, 3.63) is 59.2 Å². The van der Waals surface area contributed by atoms with Gasteiger partial charge in [0.05, 0.1) is 12.6 Å². The number of anilines is 2. The highest BCUT2D eigenvalue weighted by molar-refractivity contribution is 6.07. The van der Waals surface area contributed by atoms with Crippen LogP contribution in [0.15, 0.2) is 42.5 Å². The maximum Gasteiger partial charge on any atom is 0.326 e. The quantitative estimate of drug-likeness (QED) is 0.664. The zero-order valence-corrected chi connectivity index (χ0v) is 18.9. The first-order valence-electron chi connectivity index (χ1n) is 11.5. The molecule has 1 unspecified atom stereocenters. The summed E-state index contributed by atoms with van der Waals surface area (Å²) in [5.74, 6) is -1.01. The fraction of sp³-hybridized carbons (Fsp3) is 0.360. The molecule has 0 saturated carbocycles. The number of carbonyl (C=O) groups excluding carboxylic acids is 4. The van der Waals surface area contributed by atoms with Gasteiger partial charge in [-0.2, -0.15) is 0 Å². The molecule has 9 nitrogen and oxygen atoms in total. The van der Waals surface area contributed by atoms with Crippen molar-refractivity contribution < 1.29 is 23.9 Å². The van der Waals surface area contributed by atoms with Crippen molar-refractivity contribution in [3.8, 4) is 0 Å². The third-order valence-electron chi connectivity index (χ3n) is 6.58. The molecule has 34 heavy (non-hydrogen) atoms. The standard InChI is InChI=1S/C25H26N4O5/c1-2-34-14-18-12-15-5-3-4-6-20(15)29(18)25(33)26-17-7-8-19-16(11-17)13-28(24(19)32)21-9-10-22(30)27-23(21)31/h3-8,11,18,21H,2,9-10,12-14H2,1H3,(H,26,33)(H,27,30,31)/t18-,21?/m0/s1. The predicted octanol–water partition coefficient (Wildman–Crippen LogP) is 2.45. The van der Waals surface area contributed by atoms with Crippen LogP contribution in [0.4, 0.5) is 16.2 Å². The Morgan fingerprint density at radius 1 is 1.15 bits per heavy atom. The molecule has 3 aliphatic rings. The van der Waals surface area contributed by atoms with E-state index >= 15 is 0 Å². The van der Waals surface area contributed by atoms with E-state index in [1.807, 2.05) is 31.2 Å². The van der Waals surface area contributed by atoms with Gasteiger partial charge in [-0.05, 0) is 55.2 Å². The van der Waals surface area contributed by atoms with Gasteiger partial charge in [-0.1, -0.05) is 18.2 Å². The van der Waals surface area contributed by atoms with E-state index in [0.717, 1.165) is 23.2 Å². The van der Waals surface area contributed by atoms with Crippen LogP contribution in [0.5, 0.6) is 0 Å². The Balaban J connectivity index is 1.33. The SMILES string of the molecule is CCOC[C@@H]1Cc2ccccc2N1C(=O)Nc1ccc2c(c1)CN(C1CCC(=O)NC1=O)C2=O. The number of nitrogens with zero attached hydrogens (tertiary/aromatic N) is 2. The van der Waals surface area contributed by atoms with Crippen LogP contribution in [-0.4, -0.2) is 54.0 Å². The lowest BCUT2D eigenvalue weighted by Crippen LogP contribution is -2.52. The van der Waals surface area contributed by atoms with Crippen LogP contribution in [-0.2, 0) is 27.3 Å². The van der Waals surface area contributed by atoms with Gasteiger partial charge in [0.1, 0.15) is 6.04 Å². The molecule has 0 spiro atoms. The summed E-state index contributed by atoms with van der Waals surface area (Å²) in [5, 5.41) is 5.27. The molecule has 9 heteroatoms. The lowest BCUT2D eigenvalue weighted by molar-refractivity contribution is -0.136. The Labute approximate surface area is 197 Å². The van der Waals surface area contributed by atoms with Crippen molar-refractivity contribution in [3.63, 3.8) is 0 Å². The molecule has 3 aliphatic heterocycles. The Kier molecular flexibility index (Phi) is 5.79. The summed E-state index contributed by atoms with van der Waals surface area (Å²) >= 11 is 0. The number of urea groups is 1. The van der Waals surface area contributed by atoms with E-state index in [4.69, 9.17) is 4.74 Å². The smallest absolute Gasteiger partial charge is 0.326 e. The van der Waals surface area contributed by atoms with Gasteiger partial charge in [-0.15, -0.1) is 0 Å². The molecule has 1 fully saturated rings. The van der Waals surface area contributed by atoms with E-state index in [1.54, 1.807) is 23.1 Å². The molecule has 2 N–H and O–H groups in total. The summed E-state index contributed by atoms with van der Waals surface area (Å²) < 4.78 is 5.62. The second-order valence-corrected chi connectivity index (χ2v) is 8.72. The highest BCUT2D eigenvalue weighted by Gasteiger charge is 2.39. The van der Waals surface area contributed by atoms with E-state index in [1.165, 1.54) is 4.90 Å². The average Bonchev–Trinajstić information content (AvgIpc) is 3.35. The van der Waals surface area contributed by atoms with Crippen LogP contribution < -0.4 is 15.5 Å². The fourth-order valence-corrected chi connectivity index (χ4v) is 4.96. The number of imide groups is 1. The van der Waals surface area contributed by atoms with Gasteiger partial charge in [0.25, 0.3) is 5.91 Å². The monoisotopic (exact) mass is 462 g/mol. The Morgan fingerprint density at radius 3 is 2.76 bits per heavy atom. The van der Waals surface area contributed by atoms with Crippen molar-refractivity contribution >= 4 is 35.1 Å². The summed E-state index contributed by atoms with van der Waals surface area (Å²) in [4.78, 5) is 53.1. The van der Waals surface area contributed by atoms with Gasteiger partial charge < -0.3 is 15.0 Å². The number of carbonyl (C=O) groups is 4. The third kappa shape index (κ3) is 3.92. The first-order chi connectivity index (χ1) is 16.5. The second-order valence-electron chi connectivity index (χ2n) is 8.72. The molecule has 2 aromatic rings. The molecular formula is C25H26N4O5. The van der Waals surface area contributed by atoms with E-state index in [9.17, 15) is 19.2 Å². The van der Waals surface area contributed by atoms with E-state index < -0.39 is 11.9 Å². The first-order valence-corrected chi connectivity index (χ1v) is 11.5. The number of para-hydroxylation sites is 1. The molecule has 5 rings (SSSR count). The van der Waals surface area contributed by atoms with E-state index in [0.29, 0.717) is 30.9 Å². The maximum absolute atomic E-state index is 13.3. The molecule has 0 radical (unpaired) electrons. The van der Waals surface area contributed by atoms with E-state index in [-0.39, 0.29) is 36.9 Å². The number of ether oxygens (including phenoxy) is 1. The highest BCUT2D eigenvalue weighted by atomic mass is 16.5. The van der Waals surface area contributed by atoms with Crippen LogP contribution in [0.1, 0.15) is 41.3 Å². The number of hydrogen-bond donors (Lipinski definition) is 2. The van der Waals surface area contributed by atoms with Crippen molar-refractivity contribution in [1.29, 1.82) is 0 Å². The topological polar surface area (TPSA) is 108 Å². The Morgan fingerprint density at radius 2 is 1.97 bits per heavy atom. The minimum atomic E-state index is -0.670. The van der Waals surface area contributed by atoms with Gasteiger partial charge in [0, 0.05) is 36.5 Å². The number of benzene rings is 2. The lowest BCUT2D eigenvalue weighted by atomic mass is 10.0. The summed E-state index contributed by atoms with van der Waals surface area (Å²) in [6, 6.07) is 11.9. The molecule has 0 bridgehead atoms. The summed E-state index contributed by atoms with van der Waals surface area (Å²) in [7, 11) is 0. The molecule has 176 valence electrons. The Bertz CT molecular complexity index is 1180. The van der Waals surface area contributed by atoms with Gasteiger partial charge >= 0.3 is 6.03 Å². The second kappa shape index (κ2) is 8.90. The molecule has 0 aromatic heterocycles. The molecular weight excluding hydrogens is 436 g/mol. The number of nitrogens with one attached hydrogen (secondary N) is 2. The van der Waals surface area contributed by atoms with Gasteiger partial charge in [-0.3, -0.25) is 24.6 Å².